The van der Waals surface area contributed by atoms with Crippen molar-refractivity contribution in [3.05, 3.63) is 44.6 Å². The SMILES string of the molecule is CC(NC(=O)C1CC(C(=O)Nc2ccc(F)c(Cl)c2)N(C)S(=O)(=O)N1)c1cnc(Cl)s1. The number of thiazole rings is 1. The first-order valence-electron chi connectivity index (χ1n) is 8.90. The van der Waals surface area contributed by atoms with E-state index in [1.54, 1.807) is 6.92 Å². The lowest BCUT2D eigenvalue weighted by Gasteiger charge is -2.35. The number of aromatic nitrogens is 1. The fourth-order valence-electron chi connectivity index (χ4n) is 2.93. The van der Waals surface area contributed by atoms with Gasteiger partial charge in [0.15, 0.2) is 4.47 Å². The van der Waals surface area contributed by atoms with Crippen LogP contribution in [-0.2, 0) is 19.8 Å². The molecule has 1 aromatic heterocycles. The standard InChI is InChI=1S/C17H18Cl2FN5O4S2/c1-8(14-7-21-17(19)30-14)22-15(26)12-6-13(25(2)31(28,29)24-12)16(27)23-9-3-4-11(20)10(18)5-9/h3-5,7-8,12-13,24H,6H2,1-2H3,(H,22,26)(H,23,27). The molecule has 1 saturated heterocycles. The van der Waals surface area contributed by atoms with Crippen molar-refractivity contribution in [2.75, 3.05) is 12.4 Å². The maximum atomic E-state index is 13.3. The molecule has 0 bridgehead atoms. The van der Waals surface area contributed by atoms with Crippen molar-refractivity contribution in [2.24, 2.45) is 0 Å². The van der Waals surface area contributed by atoms with Crippen LogP contribution in [0.25, 0.3) is 0 Å². The second-order valence-corrected chi connectivity index (χ2v) is 10.6. The van der Waals surface area contributed by atoms with Crippen LogP contribution in [0, 0.1) is 5.82 Å². The molecule has 3 rings (SSSR count). The van der Waals surface area contributed by atoms with E-state index in [1.807, 2.05) is 0 Å². The molecule has 3 N–H and O–H groups in total. The van der Waals surface area contributed by atoms with E-state index in [0.29, 0.717) is 9.34 Å². The number of carbonyl (C=O) groups is 2. The molecule has 2 amide bonds. The highest BCUT2D eigenvalue weighted by Gasteiger charge is 2.43. The van der Waals surface area contributed by atoms with Gasteiger partial charge in [-0.1, -0.05) is 23.2 Å². The van der Waals surface area contributed by atoms with E-state index in [2.05, 4.69) is 20.3 Å². The lowest BCUT2D eigenvalue weighted by molar-refractivity contribution is -0.125. The zero-order valence-electron chi connectivity index (χ0n) is 16.2. The van der Waals surface area contributed by atoms with Crippen molar-refractivity contribution in [3.8, 4) is 0 Å². The van der Waals surface area contributed by atoms with Gasteiger partial charge in [0.05, 0.1) is 11.1 Å². The number of rotatable bonds is 5. The topological polar surface area (TPSA) is 121 Å². The molecule has 168 valence electrons. The molecular formula is C17H18Cl2FN5O4S2. The third kappa shape index (κ3) is 5.51. The number of hydrogen-bond acceptors (Lipinski definition) is 6. The van der Waals surface area contributed by atoms with Crippen molar-refractivity contribution < 1.29 is 22.4 Å². The minimum Gasteiger partial charge on any atom is -0.347 e. The quantitative estimate of drug-likeness (QED) is 0.570. The Labute approximate surface area is 192 Å². The molecule has 9 nitrogen and oxygen atoms in total. The molecule has 0 saturated carbocycles. The van der Waals surface area contributed by atoms with Gasteiger partial charge in [0.1, 0.15) is 17.9 Å². The third-order valence-electron chi connectivity index (χ3n) is 4.66. The number of anilines is 1. The van der Waals surface area contributed by atoms with Gasteiger partial charge in [-0.2, -0.15) is 17.4 Å². The van der Waals surface area contributed by atoms with Crippen LogP contribution < -0.4 is 15.4 Å². The minimum absolute atomic E-state index is 0.126. The second-order valence-electron chi connectivity index (χ2n) is 6.81. The van der Waals surface area contributed by atoms with Gasteiger partial charge in [0.25, 0.3) is 10.2 Å². The summed E-state index contributed by atoms with van der Waals surface area (Å²) in [6.45, 7) is 1.70. The largest absolute Gasteiger partial charge is 0.347 e. The van der Waals surface area contributed by atoms with E-state index in [1.165, 1.54) is 36.7 Å². The first-order valence-corrected chi connectivity index (χ1v) is 11.9. The van der Waals surface area contributed by atoms with Crippen molar-refractivity contribution in [1.29, 1.82) is 0 Å². The van der Waals surface area contributed by atoms with Crippen LogP contribution >= 0.6 is 34.5 Å². The average Bonchev–Trinajstić information content (AvgIpc) is 3.13. The lowest BCUT2D eigenvalue weighted by Crippen LogP contribution is -2.62. The van der Waals surface area contributed by atoms with Crippen molar-refractivity contribution in [1.82, 2.24) is 19.3 Å². The first kappa shape index (κ1) is 23.8. The third-order valence-corrected chi connectivity index (χ3v) is 7.84. The summed E-state index contributed by atoms with van der Waals surface area (Å²) in [6, 6.07) is 0.746. The Morgan fingerprint density at radius 1 is 1.35 bits per heavy atom. The monoisotopic (exact) mass is 509 g/mol. The van der Waals surface area contributed by atoms with Gasteiger partial charge in [0.2, 0.25) is 11.8 Å². The molecule has 2 heterocycles. The summed E-state index contributed by atoms with van der Waals surface area (Å²) in [4.78, 5) is 30.0. The Morgan fingerprint density at radius 2 is 2.06 bits per heavy atom. The van der Waals surface area contributed by atoms with Crippen LogP contribution in [0.5, 0.6) is 0 Å². The van der Waals surface area contributed by atoms with E-state index in [0.717, 1.165) is 10.4 Å². The number of carbonyl (C=O) groups excluding carboxylic acids is 2. The Kier molecular flexibility index (Phi) is 7.18. The van der Waals surface area contributed by atoms with Gasteiger partial charge in [0, 0.05) is 23.8 Å². The maximum Gasteiger partial charge on any atom is 0.280 e. The van der Waals surface area contributed by atoms with Gasteiger partial charge in [-0.15, -0.1) is 11.3 Å². The Bertz CT molecular complexity index is 1110. The molecule has 0 spiro atoms. The van der Waals surface area contributed by atoms with E-state index < -0.39 is 46.0 Å². The van der Waals surface area contributed by atoms with Crippen LogP contribution in [0.4, 0.5) is 10.1 Å². The van der Waals surface area contributed by atoms with Gasteiger partial charge in [-0.05, 0) is 31.5 Å². The van der Waals surface area contributed by atoms with Crippen LogP contribution in [0.2, 0.25) is 9.49 Å². The van der Waals surface area contributed by atoms with Crippen molar-refractivity contribution >= 4 is 62.2 Å². The summed E-state index contributed by atoms with van der Waals surface area (Å²) >= 11 is 12.7. The van der Waals surface area contributed by atoms with E-state index in [9.17, 15) is 22.4 Å². The molecule has 3 unspecified atom stereocenters. The molecule has 14 heteroatoms. The summed E-state index contributed by atoms with van der Waals surface area (Å²) in [5.41, 5.74) is 0.192. The minimum atomic E-state index is -4.11. The molecule has 1 aliphatic rings. The second kappa shape index (κ2) is 9.35. The van der Waals surface area contributed by atoms with E-state index in [4.69, 9.17) is 23.2 Å². The van der Waals surface area contributed by atoms with Crippen LogP contribution in [0.3, 0.4) is 0 Å². The van der Waals surface area contributed by atoms with Crippen molar-refractivity contribution in [3.63, 3.8) is 0 Å². The summed E-state index contributed by atoms with van der Waals surface area (Å²) in [7, 11) is -2.89. The number of amides is 2. The smallest absolute Gasteiger partial charge is 0.280 e. The fraction of sp³-hybridized carbons (Fsp3) is 0.353. The highest BCUT2D eigenvalue weighted by atomic mass is 35.5. The highest BCUT2D eigenvalue weighted by Crippen LogP contribution is 2.25. The molecule has 1 aromatic carbocycles. The zero-order chi connectivity index (χ0) is 22.9. The number of benzene rings is 1. The number of likely N-dealkylation sites (N-methyl/N-ethyl adjacent to an activating group) is 1. The molecule has 0 radical (unpaired) electrons. The molecule has 31 heavy (non-hydrogen) atoms. The van der Waals surface area contributed by atoms with Crippen LogP contribution in [0.1, 0.15) is 24.3 Å². The Hall–Kier alpha value is -1.83. The summed E-state index contributed by atoms with van der Waals surface area (Å²) in [6.07, 6.45) is 1.39. The van der Waals surface area contributed by atoms with E-state index in [-0.39, 0.29) is 17.1 Å². The van der Waals surface area contributed by atoms with Gasteiger partial charge >= 0.3 is 0 Å². The molecule has 3 atom stereocenters. The molecular weight excluding hydrogens is 492 g/mol. The van der Waals surface area contributed by atoms with Crippen LogP contribution in [0.15, 0.2) is 24.4 Å². The van der Waals surface area contributed by atoms with Crippen molar-refractivity contribution in [2.45, 2.75) is 31.5 Å². The lowest BCUT2D eigenvalue weighted by atomic mass is 10.1. The molecule has 0 aliphatic carbocycles. The summed E-state index contributed by atoms with van der Waals surface area (Å²) in [5.74, 6) is -1.94. The number of hydrogen-bond donors (Lipinski definition) is 3. The fourth-order valence-corrected chi connectivity index (χ4v) is 5.32. The maximum absolute atomic E-state index is 13.3. The average molecular weight is 510 g/mol. The molecule has 1 fully saturated rings. The van der Waals surface area contributed by atoms with Gasteiger partial charge in [-0.3, -0.25) is 9.59 Å². The number of nitrogens with one attached hydrogen (secondary N) is 3. The predicted molar refractivity (Wildman–Crippen MR) is 116 cm³/mol. The van der Waals surface area contributed by atoms with Gasteiger partial charge < -0.3 is 10.6 Å². The van der Waals surface area contributed by atoms with Crippen LogP contribution in [-0.4, -0.2) is 48.7 Å². The Morgan fingerprint density at radius 3 is 2.68 bits per heavy atom. The normalized spacial score (nSPS) is 22.0. The van der Waals surface area contributed by atoms with Gasteiger partial charge in [-0.25, -0.2) is 9.37 Å². The predicted octanol–water partition coefficient (Wildman–Crippen LogP) is 2.31. The Balaban J connectivity index is 1.74. The first-order chi connectivity index (χ1) is 14.5. The number of halogens is 3. The number of nitrogens with zero attached hydrogens (tertiary/aromatic N) is 2. The highest BCUT2D eigenvalue weighted by molar-refractivity contribution is 7.87. The summed E-state index contributed by atoms with van der Waals surface area (Å²) < 4.78 is 41.7. The zero-order valence-corrected chi connectivity index (χ0v) is 19.4. The molecule has 1 aliphatic heterocycles. The van der Waals surface area contributed by atoms with E-state index >= 15 is 0 Å². The molecule has 2 aromatic rings. The summed E-state index contributed by atoms with van der Waals surface area (Å²) in [5, 5.41) is 5.00.